The zero-order chi connectivity index (χ0) is 25.7. The zero-order valence-electron chi connectivity index (χ0n) is 19.8. The van der Waals surface area contributed by atoms with E-state index in [1.54, 1.807) is 41.7 Å². The Kier molecular flexibility index (Phi) is 7.67. The van der Waals surface area contributed by atoms with Crippen LogP contribution in [0.2, 0.25) is 0 Å². The van der Waals surface area contributed by atoms with Gasteiger partial charge in [-0.1, -0.05) is 18.2 Å². The minimum atomic E-state index is -3.63. The number of rotatable bonds is 8. The number of hydrogen-bond donors (Lipinski definition) is 0. The predicted octanol–water partition coefficient (Wildman–Crippen LogP) is 2.17. The number of hydrogen-bond acceptors (Lipinski definition) is 7. The fourth-order valence-electron chi connectivity index (χ4n) is 4.12. The van der Waals surface area contributed by atoms with Gasteiger partial charge in [-0.15, -0.1) is 0 Å². The molecule has 0 unspecified atom stereocenters. The van der Waals surface area contributed by atoms with Crippen LogP contribution in [0.3, 0.4) is 0 Å². The number of benzene rings is 2. The van der Waals surface area contributed by atoms with Crippen LogP contribution < -0.4 is 4.18 Å². The van der Waals surface area contributed by atoms with Crippen LogP contribution in [0.25, 0.3) is 0 Å². The van der Waals surface area contributed by atoms with Gasteiger partial charge in [0.05, 0.1) is 30.3 Å². The highest BCUT2D eigenvalue weighted by Gasteiger charge is 2.22. The monoisotopic (exact) mass is 511 g/mol. The van der Waals surface area contributed by atoms with E-state index in [9.17, 15) is 17.6 Å². The van der Waals surface area contributed by atoms with E-state index in [2.05, 4.69) is 9.88 Å². The molecule has 2 aromatic carbocycles. The minimum Gasteiger partial charge on any atom is -0.383 e. The molecule has 1 amide bonds. The van der Waals surface area contributed by atoms with Gasteiger partial charge in [-0.2, -0.15) is 13.7 Å². The first-order chi connectivity index (χ1) is 17.2. The van der Waals surface area contributed by atoms with Crippen molar-refractivity contribution in [2.24, 2.45) is 0 Å². The first-order valence-corrected chi connectivity index (χ1v) is 13.2. The highest BCUT2D eigenvalue weighted by atomic mass is 32.2. The van der Waals surface area contributed by atoms with Crippen molar-refractivity contribution in [1.82, 2.24) is 19.4 Å². The van der Waals surface area contributed by atoms with E-state index in [4.69, 9.17) is 9.44 Å². The molecule has 0 atom stereocenters. The van der Waals surface area contributed by atoms with Gasteiger partial charge < -0.3 is 13.7 Å². The number of imidazole rings is 1. The topological polar surface area (TPSA) is 109 Å². The van der Waals surface area contributed by atoms with Crippen LogP contribution in [0.4, 0.5) is 4.39 Å². The van der Waals surface area contributed by atoms with Crippen molar-refractivity contribution < 1.29 is 21.8 Å². The molecule has 0 saturated carbocycles. The van der Waals surface area contributed by atoms with E-state index in [0.717, 1.165) is 17.5 Å². The lowest BCUT2D eigenvalue weighted by atomic mass is 10.1. The summed E-state index contributed by atoms with van der Waals surface area (Å²) in [4.78, 5) is 21.1. The van der Waals surface area contributed by atoms with Crippen LogP contribution >= 0.6 is 0 Å². The third kappa shape index (κ3) is 6.68. The highest BCUT2D eigenvalue weighted by molar-refractivity contribution is 7.86. The maximum atomic E-state index is 14.0. The number of piperazine rings is 1. The van der Waals surface area contributed by atoms with E-state index in [1.165, 1.54) is 18.2 Å². The maximum Gasteiger partial charge on any atom is 0.306 e. The van der Waals surface area contributed by atoms with Gasteiger partial charge in [0.1, 0.15) is 17.6 Å². The van der Waals surface area contributed by atoms with Crippen molar-refractivity contribution >= 4 is 16.0 Å². The molecule has 0 N–H and O–H groups in total. The number of nitrogens with zero attached hydrogens (tertiary/aromatic N) is 5. The van der Waals surface area contributed by atoms with Gasteiger partial charge in [0.25, 0.3) is 0 Å². The molecule has 1 saturated heterocycles. The zero-order valence-corrected chi connectivity index (χ0v) is 20.6. The molecule has 2 heterocycles. The van der Waals surface area contributed by atoms with E-state index < -0.39 is 15.9 Å². The van der Waals surface area contributed by atoms with E-state index in [-0.39, 0.29) is 23.6 Å². The second kappa shape index (κ2) is 10.9. The molecule has 4 rings (SSSR count). The summed E-state index contributed by atoms with van der Waals surface area (Å²) in [6.07, 6.45) is 4.62. The smallest absolute Gasteiger partial charge is 0.306 e. The van der Waals surface area contributed by atoms with Crippen LogP contribution in [0, 0.1) is 17.1 Å². The molecule has 188 valence electrons. The second-order valence-electron chi connectivity index (χ2n) is 8.71. The normalized spacial score (nSPS) is 14.4. The lowest BCUT2D eigenvalue weighted by molar-refractivity contribution is -0.132. The molecule has 0 bridgehead atoms. The summed E-state index contributed by atoms with van der Waals surface area (Å²) in [5.74, 6) is -0.376. The predicted molar refractivity (Wildman–Crippen MR) is 130 cm³/mol. The van der Waals surface area contributed by atoms with Crippen molar-refractivity contribution in [3.05, 3.63) is 83.2 Å². The molecule has 1 aliphatic rings. The van der Waals surface area contributed by atoms with Crippen molar-refractivity contribution in [3.8, 4) is 11.8 Å². The van der Waals surface area contributed by atoms with Crippen LogP contribution in [-0.4, -0.2) is 66.1 Å². The van der Waals surface area contributed by atoms with Crippen LogP contribution in [0.5, 0.6) is 5.75 Å². The van der Waals surface area contributed by atoms with Gasteiger partial charge in [-0.25, -0.2) is 9.37 Å². The number of nitriles is 1. The first kappa shape index (κ1) is 25.3. The fourth-order valence-corrected chi connectivity index (χ4v) is 4.57. The second-order valence-corrected chi connectivity index (χ2v) is 10.3. The summed E-state index contributed by atoms with van der Waals surface area (Å²) in [6, 6.07) is 12.9. The van der Waals surface area contributed by atoms with Gasteiger partial charge in [0, 0.05) is 45.5 Å². The Labute approximate surface area is 209 Å². The molecule has 36 heavy (non-hydrogen) atoms. The molecule has 3 aromatic rings. The number of amides is 1. The Morgan fingerprint density at radius 3 is 2.58 bits per heavy atom. The third-order valence-corrected chi connectivity index (χ3v) is 6.41. The van der Waals surface area contributed by atoms with Gasteiger partial charge in [-0.3, -0.25) is 9.69 Å². The Balaban J connectivity index is 1.30. The third-order valence-electron chi connectivity index (χ3n) is 5.92. The average molecular weight is 512 g/mol. The molecule has 9 nitrogen and oxygen atoms in total. The van der Waals surface area contributed by atoms with E-state index in [0.29, 0.717) is 44.8 Å². The minimum absolute atomic E-state index is 0.0203. The van der Waals surface area contributed by atoms with Crippen molar-refractivity contribution in [2.75, 3.05) is 32.4 Å². The van der Waals surface area contributed by atoms with Crippen molar-refractivity contribution in [2.45, 2.75) is 19.5 Å². The average Bonchev–Trinajstić information content (AvgIpc) is 3.25. The van der Waals surface area contributed by atoms with E-state index in [1.807, 2.05) is 10.6 Å². The quantitative estimate of drug-likeness (QED) is 0.427. The maximum absolute atomic E-state index is 14.0. The Hall–Kier alpha value is -3.75. The largest absolute Gasteiger partial charge is 0.383 e. The molecule has 0 spiro atoms. The van der Waals surface area contributed by atoms with Crippen LogP contribution in [0.15, 0.2) is 55.0 Å². The highest BCUT2D eigenvalue weighted by Crippen LogP contribution is 2.17. The molecule has 0 radical (unpaired) electrons. The van der Waals surface area contributed by atoms with Gasteiger partial charge in [0.15, 0.2) is 0 Å². The summed E-state index contributed by atoms with van der Waals surface area (Å²) in [5.41, 5.74) is 2.42. The summed E-state index contributed by atoms with van der Waals surface area (Å²) >= 11 is 0. The van der Waals surface area contributed by atoms with Crippen LogP contribution in [0.1, 0.15) is 22.4 Å². The molecule has 1 aliphatic heterocycles. The summed E-state index contributed by atoms with van der Waals surface area (Å²) in [5, 5.41) is 8.91. The number of aromatic nitrogens is 2. The lowest BCUT2D eigenvalue weighted by Crippen LogP contribution is -2.48. The molecular formula is C25H26FN5O4S. The molecular weight excluding hydrogens is 485 g/mol. The summed E-state index contributed by atoms with van der Waals surface area (Å²) in [6.45, 7) is 3.63. The fraction of sp³-hybridized carbons (Fsp3) is 0.320. The van der Waals surface area contributed by atoms with E-state index >= 15 is 0 Å². The summed E-state index contributed by atoms with van der Waals surface area (Å²) < 4.78 is 43.5. The standard InChI is InChI=1S/C25H26FN5O4S/c1-36(33,34)35-23-4-2-3-19(11-23)13-25(32)30-9-7-29(8-10-30)17-22-15-28-18-31(22)16-20-5-6-21(14-27)24(26)12-20/h2-6,11-12,15,18H,7-10,13,16-17H2,1H3. The molecule has 11 heteroatoms. The van der Waals surface area contributed by atoms with Crippen LogP contribution in [-0.2, 0) is 34.4 Å². The first-order valence-electron chi connectivity index (χ1n) is 11.4. The Morgan fingerprint density at radius 2 is 1.89 bits per heavy atom. The lowest BCUT2D eigenvalue weighted by Gasteiger charge is -2.34. The number of carbonyl (C=O) groups is 1. The number of carbonyl (C=O) groups excluding carboxylic acids is 1. The molecule has 0 aliphatic carbocycles. The van der Waals surface area contributed by atoms with Gasteiger partial charge >= 0.3 is 10.1 Å². The van der Waals surface area contributed by atoms with Gasteiger partial charge in [-0.05, 0) is 35.4 Å². The Morgan fingerprint density at radius 1 is 1.11 bits per heavy atom. The SMILES string of the molecule is CS(=O)(=O)Oc1cccc(CC(=O)N2CCN(Cc3cncn3Cc3ccc(C#N)c(F)c3)CC2)c1. The number of halogens is 1. The van der Waals surface area contributed by atoms with Gasteiger partial charge in [0.2, 0.25) is 5.91 Å². The summed E-state index contributed by atoms with van der Waals surface area (Å²) in [7, 11) is -3.63. The Bertz CT molecular complexity index is 1390. The van der Waals surface area contributed by atoms with Crippen molar-refractivity contribution in [1.29, 1.82) is 5.26 Å². The molecule has 1 fully saturated rings. The molecule has 1 aromatic heterocycles. The van der Waals surface area contributed by atoms with Crippen molar-refractivity contribution in [3.63, 3.8) is 0 Å².